The van der Waals surface area contributed by atoms with E-state index in [0.29, 0.717) is 0 Å². The summed E-state index contributed by atoms with van der Waals surface area (Å²) in [4.78, 5) is 0. The highest BCUT2D eigenvalue weighted by atomic mass is 19.1. The number of benzene rings is 1. The van der Waals surface area contributed by atoms with Crippen molar-refractivity contribution in [3.8, 4) is 0 Å². The number of rotatable bonds is 3. The molecule has 0 nitrogen and oxygen atoms in total. The number of allylic oxidation sites excluding steroid dienone is 5. The van der Waals surface area contributed by atoms with Crippen LogP contribution in [0.15, 0.2) is 60.7 Å². The number of hydrogen-bond donors (Lipinski definition) is 0. The van der Waals surface area contributed by atoms with Gasteiger partial charge in [-0.3, -0.25) is 0 Å². The summed E-state index contributed by atoms with van der Waals surface area (Å²) in [5.74, 6) is -0.162. The molecular weight excluding hydrogens is 235 g/mol. The molecule has 0 unspecified atom stereocenters. The van der Waals surface area contributed by atoms with Crippen LogP contribution in [-0.2, 0) is 0 Å². The molecule has 19 heavy (non-hydrogen) atoms. The Morgan fingerprint density at radius 1 is 1.32 bits per heavy atom. The zero-order valence-corrected chi connectivity index (χ0v) is 12.9. The SMILES string of the molecule is C=C/C=C\C(C)=C/CC.CC.Cc1cccc(F)c1. The normalized spacial score (nSPS) is 10.1. The molecule has 0 aliphatic heterocycles. The Bertz CT molecular complexity index is 369. The second-order valence-electron chi connectivity index (χ2n) is 3.75. The van der Waals surface area contributed by atoms with Gasteiger partial charge in [-0.25, -0.2) is 4.39 Å². The Balaban J connectivity index is 0. The Labute approximate surface area is 118 Å². The van der Waals surface area contributed by atoms with Crippen molar-refractivity contribution in [2.45, 2.75) is 41.0 Å². The van der Waals surface area contributed by atoms with Crippen LogP contribution in [-0.4, -0.2) is 0 Å². The molecule has 0 radical (unpaired) electrons. The van der Waals surface area contributed by atoms with Crippen molar-refractivity contribution in [3.05, 3.63) is 72.1 Å². The molecule has 0 fully saturated rings. The average molecular weight is 262 g/mol. The van der Waals surface area contributed by atoms with Crippen molar-refractivity contribution in [2.24, 2.45) is 0 Å². The van der Waals surface area contributed by atoms with Crippen molar-refractivity contribution in [1.82, 2.24) is 0 Å². The predicted molar refractivity (Wildman–Crippen MR) is 85.9 cm³/mol. The van der Waals surface area contributed by atoms with Crippen LogP contribution in [0.3, 0.4) is 0 Å². The maximum absolute atomic E-state index is 12.2. The largest absolute Gasteiger partial charge is 0.207 e. The summed E-state index contributed by atoms with van der Waals surface area (Å²) in [6, 6.07) is 6.50. The van der Waals surface area contributed by atoms with Gasteiger partial charge in [0.05, 0.1) is 0 Å². The van der Waals surface area contributed by atoms with E-state index in [9.17, 15) is 4.39 Å². The highest BCUT2D eigenvalue weighted by Crippen LogP contribution is 1.99. The quantitative estimate of drug-likeness (QED) is 0.565. The molecule has 106 valence electrons. The van der Waals surface area contributed by atoms with Crippen LogP contribution in [0.25, 0.3) is 0 Å². The molecule has 1 rings (SSSR count). The number of aryl methyl sites for hydroxylation is 1. The van der Waals surface area contributed by atoms with Gasteiger partial charge in [0.1, 0.15) is 5.82 Å². The van der Waals surface area contributed by atoms with Crippen molar-refractivity contribution in [2.75, 3.05) is 0 Å². The summed E-state index contributed by atoms with van der Waals surface area (Å²) in [5.41, 5.74) is 2.27. The fourth-order valence-corrected chi connectivity index (χ4v) is 1.22. The molecule has 0 atom stereocenters. The summed E-state index contributed by atoms with van der Waals surface area (Å²) in [5, 5.41) is 0. The first-order valence-electron chi connectivity index (χ1n) is 6.78. The highest BCUT2D eigenvalue weighted by molar-refractivity contribution is 5.18. The van der Waals surface area contributed by atoms with E-state index in [2.05, 4.69) is 32.6 Å². The van der Waals surface area contributed by atoms with E-state index in [1.165, 1.54) is 17.7 Å². The summed E-state index contributed by atoms with van der Waals surface area (Å²) in [6.07, 6.45) is 9.07. The van der Waals surface area contributed by atoms with Crippen LogP contribution in [0.5, 0.6) is 0 Å². The molecule has 0 aromatic heterocycles. The van der Waals surface area contributed by atoms with Crippen LogP contribution < -0.4 is 0 Å². The predicted octanol–water partition coefficient (Wildman–Crippen LogP) is 6.25. The van der Waals surface area contributed by atoms with E-state index in [1.54, 1.807) is 12.1 Å². The van der Waals surface area contributed by atoms with Crippen LogP contribution in [0.1, 0.15) is 39.7 Å². The maximum atomic E-state index is 12.2. The summed E-state index contributed by atoms with van der Waals surface area (Å²) in [6.45, 7) is 13.7. The Morgan fingerprint density at radius 3 is 2.32 bits per heavy atom. The van der Waals surface area contributed by atoms with Crippen LogP contribution in [0.2, 0.25) is 0 Å². The lowest BCUT2D eigenvalue weighted by atomic mass is 10.2. The first kappa shape index (κ1) is 19.7. The fraction of sp³-hybridized carbons (Fsp3) is 0.333. The van der Waals surface area contributed by atoms with E-state index in [1.807, 2.05) is 32.9 Å². The Morgan fingerprint density at radius 2 is 1.95 bits per heavy atom. The molecule has 0 heterocycles. The molecule has 1 aromatic carbocycles. The molecule has 0 N–H and O–H groups in total. The van der Waals surface area contributed by atoms with Gasteiger partial charge in [-0.1, -0.05) is 69.4 Å². The van der Waals surface area contributed by atoms with Crippen molar-refractivity contribution in [3.63, 3.8) is 0 Å². The van der Waals surface area contributed by atoms with Crippen molar-refractivity contribution in [1.29, 1.82) is 0 Å². The molecular formula is C18H27F. The minimum Gasteiger partial charge on any atom is -0.207 e. The third-order valence-electron chi connectivity index (χ3n) is 2.00. The van der Waals surface area contributed by atoms with Gasteiger partial charge in [-0.05, 0) is 38.0 Å². The lowest BCUT2D eigenvalue weighted by molar-refractivity contribution is 0.626. The smallest absolute Gasteiger partial charge is 0.123 e. The summed E-state index contributed by atoms with van der Waals surface area (Å²) >= 11 is 0. The number of halogens is 1. The van der Waals surface area contributed by atoms with E-state index in [-0.39, 0.29) is 5.82 Å². The molecule has 0 bridgehead atoms. The topological polar surface area (TPSA) is 0 Å². The first-order chi connectivity index (χ1) is 9.10. The fourth-order valence-electron chi connectivity index (χ4n) is 1.22. The molecule has 0 aliphatic rings. The lowest BCUT2D eigenvalue weighted by Gasteiger charge is -1.87. The van der Waals surface area contributed by atoms with E-state index < -0.39 is 0 Å². The van der Waals surface area contributed by atoms with Gasteiger partial charge in [0, 0.05) is 0 Å². The van der Waals surface area contributed by atoms with E-state index in [0.717, 1.165) is 12.0 Å². The summed E-state index contributed by atoms with van der Waals surface area (Å²) in [7, 11) is 0. The van der Waals surface area contributed by atoms with Gasteiger partial charge in [0.2, 0.25) is 0 Å². The van der Waals surface area contributed by atoms with E-state index in [4.69, 9.17) is 0 Å². The third kappa shape index (κ3) is 14.3. The van der Waals surface area contributed by atoms with Gasteiger partial charge >= 0.3 is 0 Å². The van der Waals surface area contributed by atoms with Gasteiger partial charge in [0.15, 0.2) is 0 Å². The molecule has 1 aromatic rings. The highest BCUT2D eigenvalue weighted by Gasteiger charge is 1.84. The first-order valence-corrected chi connectivity index (χ1v) is 6.78. The zero-order chi connectivity index (χ0) is 15.1. The average Bonchev–Trinajstić information content (AvgIpc) is 2.39. The Kier molecular flexibility index (Phi) is 15.0. The van der Waals surface area contributed by atoms with Crippen LogP contribution in [0.4, 0.5) is 4.39 Å². The van der Waals surface area contributed by atoms with Gasteiger partial charge in [0.25, 0.3) is 0 Å². The molecule has 0 spiro atoms. The second kappa shape index (κ2) is 14.4. The molecule has 0 saturated heterocycles. The minimum atomic E-state index is -0.162. The molecule has 1 heteroatoms. The van der Waals surface area contributed by atoms with Crippen molar-refractivity contribution >= 4 is 0 Å². The van der Waals surface area contributed by atoms with Gasteiger partial charge in [-0.2, -0.15) is 0 Å². The van der Waals surface area contributed by atoms with Crippen LogP contribution >= 0.6 is 0 Å². The summed E-state index contributed by atoms with van der Waals surface area (Å²) < 4.78 is 12.2. The minimum absolute atomic E-state index is 0.162. The third-order valence-corrected chi connectivity index (χ3v) is 2.00. The number of hydrogen-bond acceptors (Lipinski definition) is 0. The molecule has 0 amide bonds. The zero-order valence-electron chi connectivity index (χ0n) is 12.9. The second-order valence-corrected chi connectivity index (χ2v) is 3.75. The lowest BCUT2D eigenvalue weighted by Crippen LogP contribution is -1.72. The van der Waals surface area contributed by atoms with Crippen LogP contribution in [0, 0.1) is 12.7 Å². The van der Waals surface area contributed by atoms with Crippen molar-refractivity contribution < 1.29 is 4.39 Å². The van der Waals surface area contributed by atoms with E-state index >= 15 is 0 Å². The standard InChI is InChI=1S/C9H14.C7H7F.C2H6/c1-4-6-8-9(3)7-5-2;1-6-3-2-4-7(8)5-6;1-2/h4,6-8H,1,5H2,2-3H3;2-5H,1H3;1-2H3/b8-6-,9-7-;;. The molecule has 0 saturated carbocycles. The monoisotopic (exact) mass is 262 g/mol. The maximum Gasteiger partial charge on any atom is 0.123 e. The van der Waals surface area contributed by atoms with Gasteiger partial charge in [-0.15, -0.1) is 0 Å². The van der Waals surface area contributed by atoms with Gasteiger partial charge < -0.3 is 0 Å². The Hall–Kier alpha value is -1.63. The molecule has 0 aliphatic carbocycles.